The van der Waals surface area contributed by atoms with E-state index in [9.17, 15) is 8.42 Å². The average molecular weight is 350 g/mol. The molecule has 0 radical (unpaired) electrons. The van der Waals surface area contributed by atoms with Crippen LogP contribution in [0, 0.1) is 0 Å². The maximum absolute atomic E-state index is 12.4. The molecule has 0 saturated carbocycles. The first-order valence-corrected chi connectivity index (χ1v) is 10.0. The van der Waals surface area contributed by atoms with Gasteiger partial charge in [0.2, 0.25) is 10.0 Å². The van der Waals surface area contributed by atoms with Crippen molar-refractivity contribution in [2.45, 2.75) is 44.2 Å². The molecule has 24 heavy (non-hydrogen) atoms. The molecule has 1 aromatic carbocycles. The number of benzene rings is 1. The largest absolute Gasteiger partial charge is 0.327 e. The second-order valence-electron chi connectivity index (χ2n) is 6.60. The van der Waals surface area contributed by atoms with Crippen molar-refractivity contribution in [3.63, 3.8) is 0 Å². The van der Waals surface area contributed by atoms with Gasteiger partial charge in [-0.05, 0) is 50.6 Å². The van der Waals surface area contributed by atoms with Crippen LogP contribution in [0.25, 0.3) is 11.0 Å². The smallest absolute Gasteiger partial charge is 0.242 e. The van der Waals surface area contributed by atoms with E-state index in [1.54, 1.807) is 26.2 Å². The van der Waals surface area contributed by atoms with Crippen LogP contribution in [0.5, 0.6) is 0 Å². The Bertz CT molecular complexity index is 820. The maximum atomic E-state index is 12.4. The quantitative estimate of drug-likeness (QED) is 0.802. The molecule has 0 spiro atoms. The van der Waals surface area contributed by atoms with Gasteiger partial charge in [-0.1, -0.05) is 6.92 Å². The zero-order valence-corrected chi connectivity index (χ0v) is 15.5. The SMILES string of the molecule is CCCn1c(CN2CCCC2)nc2cc(S(=O)(=O)N(C)C)ccc21. The van der Waals surface area contributed by atoms with E-state index >= 15 is 0 Å². The lowest BCUT2D eigenvalue weighted by Crippen LogP contribution is -2.22. The van der Waals surface area contributed by atoms with E-state index in [2.05, 4.69) is 16.4 Å². The van der Waals surface area contributed by atoms with Gasteiger partial charge in [0.25, 0.3) is 0 Å². The highest BCUT2D eigenvalue weighted by Crippen LogP contribution is 2.24. The molecule has 0 aliphatic carbocycles. The van der Waals surface area contributed by atoms with E-state index in [1.807, 2.05) is 6.07 Å². The molecule has 0 unspecified atom stereocenters. The first-order valence-electron chi connectivity index (χ1n) is 8.57. The van der Waals surface area contributed by atoms with Crippen molar-refractivity contribution < 1.29 is 8.42 Å². The molecule has 1 aromatic heterocycles. The van der Waals surface area contributed by atoms with E-state index < -0.39 is 10.0 Å². The standard InChI is InChI=1S/C17H26N4O2S/c1-4-9-21-16-8-7-14(24(22,23)19(2)3)12-15(16)18-17(21)13-20-10-5-6-11-20/h7-8,12H,4-6,9-11,13H2,1-3H3. The van der Waals surface area contributed by atoms with Gasteiger partial charge in [0, 0.05) is 20.6 Å². The lowest BCUT2D eigenvalue weighted by atomic mass is 10.3. The Labute approximate surface area is 144 Å². The zero-order chi connectivity index (χ0) is 17.3. The Hall–Kier alpha value is -1.44. The van der Waals surface area contributed by atoms with E-state index in [0.717, 1.165) is 49.5 Å². The first kappa shape index (κ1) is 17.4. The first-order chi connectivity index (χ1) is 11.4. The van der Waals surface area contributed by atoms with Crippen molar-refractivity contribution in [3.05, 3.63) is 24.0 Å². The summed E-state index contributed by atoms with van der Waals surface area (Å²) < 4.78 is 28.2. The predicted octanol–water partition coefficient (Wildman–Crippen LogP) is 2.29. The fraction of sp³-hybridized carbons (Fsp3) is 0.588. The summed E-state index contributed by atoms with van der Waals surface area (Å²) in [5.41, 5.74) is 1.78. The Balaban J connectivity index is 2.03. The minimum atomic E-state index is -3.43. The zero-order valence-electron chi connectivity index (χ0n) is 14.7. The monoisotopic (exact) mass is 350 g/mol. The van der Waals surface area contributed by atoms with Crippen LogP contribution in [0.3, 0.4) is 0 Å². The summed E-state index contributed by atoms with van der Waals surface area (Å²) in [5, 5.41) is 0. The molecular formula is C17H26N4O2S. The average Bonchev–Trinajstić information content (AvgIpc) is 3.16. The molecule has 2 aromatic rings. The lowest BCUT2D eigenvalue weighted by molar-refractivity contribution is 0.317. The van der Waals surface area contributed by atoms with Crippen molar-refractivity contribution in [1.29, 1.82) is 0 Å². The summed E-state index contributed by atoms with van der Waals surface area (Å²) in [4.78, 5) is 7.49. The molecule has 2 heterocycles. The molecule has 1 aliphatic heterocycles. The summed E-state index contributed by atoms with van der Waals surface area (Å²) in [5.74, 6) is 1.04. The van der Waals surface area contributed by atoms with Gasteiger partial charge in [-0.3, -0.25) is 4.90 Å². The molecular weight excluding hydrogens is 324 g/mol. The molecule has 0 bridgehead atoms. The molecule has 6 nitrogen and oxygen atoms in total. The summed E-state index contributed by atoms with van der Waals surface area (Å²) in [7, 11) is -0.334. The minimum Gasteiger partial charge on any atom is -0.327 e. The van der Waals surface area contributed by atoms with Crippen LogP contribution < -0.4 is 0 Å². The highest BCUT2D eigenvalue weighted by Gasteiger charge is 2.21. The van der Waals surface area contributed by atoms with Gasteiger partial charge in [-0.25, -0.2) is 17.7 Å². The molecule has 132 valence electrons. The molecule has 1 aliphatic rings. The van der Waals surface area contributed by atoms with Crippen molar-refractivity contribution in [2.24, 2.45) is 0 Å². The Morgan fingerprint density at radius 1 is 1.21 bits per heavy atom. The maximum Gasteiger partial charge on any atom is 0.242 e. The van der Waals surface area contributed by atoms with Crippen LogP contribution in [0.1, 0.15) is 32.0 Å². The van der Waals surface area contributed by atoms with Crippen LogP contribution in [0.4, 0.5) is 0 Å². The van der Waals surface area contributed by atoms with Crippen molar-refractivity contribution in [2.75, 3.05) is 27.2 Å². The number of rotatable bonds is 6. The summed E-state index contributed by atoms with van der Waals surface area (Å²) in [6.07, 6.45) is 3.52. The van der Waals surface area contributed by atoms with Gasteiger partial charge in [0.05, 0.1) is 22.5 Å². The molecule has 0 N–H and O–H groups in total. The van der Waals surface area contributed by atoms with Gasteiger partial charge in [0.15, 0.2) is 0 Å². The highest BCUT2D eigenvalue weighted by molar-refractivity contribution is 7.89. The fourth-order valence-corrected chi connectivity index (χ4v) is 4.19. The minimum absolute atomic E-state index is 0.300. The van der Waals surface area contributed by atoms with Gasteiger partial charge in [0.1, 0.15) is 5.82 Å². The third-order valence-electron chi connectivity index (χ3n) is 4.59. The number of aromatic nitrogens is 2. The Morgan fingerprint density at radius 2 is 1.92 bits per heavy atom. The van der Waals surface area contributed by atoms with Crippen LogP contribution >= 0.6 is 0 Å². The highest BCUT2D eigenvalue weighted by atomic mass is 32.2. The molecule has 7 heteroatoms. The third-order valence-corrected chi connectivity index (χ3v) is 6.40. The van der Waals surface area contributed by atoms with E-state index in [-0.39, 0.29) is 0 Å². The van der Waals surface area contributed by atoms with Crippen molar-refractivity contribution >= 4 is 21.1 Å². The van der Waals surface area contributed by atoms with Crippen molar-refractivity contribution in [3.8, 4) is 0 Å². The van der Waals surface area contributed by atoms with Crippen LogP contribution in [0.2, 0.25) is 0 Å². The molecule has 3 rings (SSSR count). The number of fused-ring (bicyclic) bond motifs is 1. The van der Waals surface area contributed by atoms with E-state index in [0.29, 0.717) is 4.90 Å². The molecule has 1 saturated heterocycles. The fourth-order valence-electron chi connectivity index (χ4n) is 3.27. The second-order valence-corrected chi connectivity index (χ2v) is 8.75. The van der Waals surface area contributed by atoms with Gasteiger partial charge >= 0.3 is 0 Å². The van der Waals surface area contributed by atoms with Crippen LogP contribution in [0.15, 0.2) is 23.1 Å². The Morgan fingerprint density at radius 3 is 2.54 bits per heavy atom. The lowest BCUT2D eigenvalue weighted by Gasteiger charge is -2.15. The van der Waals surface area contributed by atoms with Crippen LogP contribution in [-0.2, 0) is 23.1 Å². The van der Waals surface area contributed by atoms with Crippen molar-refractivity contribution in [1.82, 2.24) is 18.8 Å². The third kappa shape index (κ3) is 3.20. The molecule has 0 amide bonds. The summed E-state index contributed by atoms with van der Waals surface area (Å²) in [6.45, 7) is 6.13. The van der Waals surface area contributed by atoms with Gasteiger partial charge in [-0.2, -0.15) is 0 Å². The number of hydrogen-bond acceptors (Lipinski definition) is 4. The predicted molar refractivity (Wildman–Crippen MR) is 95.4 cm³/mol. The van der Waals surface area contributed by atoms with Crippen LogP contribution in [-0.4, -0.2) is 54.4 Å². The van der Waals surface area contributed by atoms with E-state index in [1.165, 1.54) is 17.1 Å². The van der Waals surface area contributed by atoms with E-state index in [4.69, 9.17) is 4.98 Å². The molecule has 0 atom stereocenters. The number of nitrogens with zero attached hydrogens (tertiary/aromatic N) is 4. The normalized spacial score (nSPS) is 16.5. The second kappa shape index (κ2) is 6.82. The van der Waals surface area contributed by atoms with Gasteiger partial charge < -0.3 is 4.57 Å². The molecule has 1 fully saturated rings. The number of sulfonamides is 1. The number of likely N-dealkylation sites (tertiary alicyclic amines) is 1. The summed E-state index contributed by atoms with van der Waals surface area (Å²) in [6, 6.07) is 5.28. The topological polar surface area (TPSA) is 58.4 Å². The van der Waals surface area contributed by atoms with Gasteiger partial charge in [-0.15, -0.1) is 0 Å². The Kier molecular flexibility index (Phi) is 4.94. The number of imidazole rings is 1. The number of aryl methyl sites for hydroxylation is 1. The summed E-state index contributed by atoms with van der Waals surface area (Å²) >= 11 is 0. The number of hydrogen-bond donors (Lipinski definition) is 0.